The molecule has 4 heteroatoms. The smallest absolute Gasteiger partial charge is 0.186 e. The molecule has 0 aliphatic rings. The van der Waals surface area contributed by atoms with E-state index in [1.54, 1.807) is 35.7 Å². The molecule has 1 nitrogen and oxygen atoms in total. The zero-order chi connectivity index (χ0) is 13.7. The minimum Gasteiger partial charge on any atom is -0.289 e. The van der Waals surface area contributed by atoms with Crippen molar-refractivity contribution in [1.82, 2.24) is 0 Å². The largest absolute Gasteiger partial charge is 0.289 e. The highest BCUT2D eigenvalue weighted by molar-refractivity contribution is 8.02. The molecule has 0 radical (unpaired) electrons. The summed E-state index contributed by atoms with van der Waals surface area (Å²) in [7, 11) is 0. The van der Waals surface area contributed by atoms with E-state index in [1.165, 1.54) is 17.8 Å². The van der Waals surface area contributed by atoms with Crippen LogP contribution in [0.25, 0.3) is 0 Å². The van der Waals surface area contributed by atoms with Crippen LogP contribution >= 0.6 is 35.0 Å². The monoisotopic (exact) mass is 308 g/mol. The van der Waals surface area contributed by atoms with Crippen molar-refractivity contribution in [3.8, 4) is 0 Å². The maximum atomic E-state index is 11.8. The molecule has 0 amide bonds. The molecule has 0 saturated heterocycles. The van der Waals surface area contributed by atoms with Crippen molar-refractivity contribution in [1.29, 1.82) is 0 Å². The van der Waals surface area contributed by atoms with Gasteiger partial charge in [-0.15, -0.1) is 0 Å². The van der Waals surface area contributed by atoms with E-state index in [1.807, 2.05) is 18.2 Å². The molecule has 96 valence electrons. The van der Waals surface area contributed by atoms with E-state index in [0.29, 0.717) is 15.6 Å². The minimum absolute atomic E-state index is 0.0359. The Labute approximate surface area is 126 Å². The van der Waals surface area contributed by atoms with Gasteiger partial charge in [-0.3, -0.25) is 4.79 Å². The first-order valence-electron chi connectivity index (χ1n) is 5.54. The number of carbonyl (C=O) groups is 1. The predicted octanol–water partition coefficient (Wildman–Crippen LogP) is 5.48. The zero-order valence-electron chi connectivity index (χ0n) is 9.85. The Hall–Kier alpha value is -1.22. The fourth-order valence-corrected chi connectivity index (χ4v) is 2.64. The number of hydrogen-bond acceptors (Lipinski definition) is 2. The Morgan fingerprint density at radius 3 is 2.53 bits per heavy atom. The average molecular weight is 309 g/mol. The van der Waals surface area contributed by atoms with Crippen LogP contribution in [0.1, 0.15) is 10.4 Å². The molecule has 0 unspecified atom stereocenters. The number of halogens is 2. The number of carbonyl (C=O) groups excluding carboxylic acids is 1. The van der Waals surface area contributed by atoms with Crippen molar-refractivity contribution in [2.45, 2.75) is 4.90 Å². The van der Waals surface area contributed by atoms with Crippen molar-refractivity contribution in [3.63, 3.8) is 0 Å². The van der Waals surface area contributed by atoms with Crippen LogP contribution in [0.15, 0.2) is 64.9 Å². The van der Waals surface area contributed by atoms with E-state index in [4.69, 9.17) is 23.2 Å². The lowest BCUT2D eigenvalue weighted by Crippen LogP contribution is -1.92. The Bertz CT molecular complexity index is 609. The molecule has 0 aliphatic carbocycles. The second-order valence-electron chi connectivity index (χ2n) is 3.73. The van der Waals surface area contributed by atoms with E-state index in [9.17, 15) is 4.79 Å². The van der Waals surface area contributed by atoms with Gasteiger partial charge in [0.05, 0.1) is 5.02 Å². The molecule has 2 aromatic carbocycles. The second kappa shape index (κ2) is 6.80. The Balaban J connectivity index is 2.04. The second-order valence-corrected chi connectivity index (χ2v) is 5.52. The molecular weight excluding hydrogens is 299 g/mol. The van der Waals surface area contributed by atoms with Gasteiger partial charge in [0, 0.05) is 15.5 Å². The van der Waals surface area contributed by atoms with Gasteiger partial charge >= 0.3 is 0 Å². The molecule has 2 rings (SSSR count). The van der Waals surface area contributed by atoms with E-state index < -0.39 is 0 Å². The third-order valence-electron chi connectivity index (χ3n) is 2.37. The van der Waals surface area contributed by atoms with E-state index in [-0.39, 0.29) is 5.78 Å². The summed E-state index contributed by atoms with van der Waals surface area (Å²) in [5.41, 5.74) is 0.663. The van der Waals surface area contributed by atoms with Gasteiger partial charge in [0.15, 0.2) is 5.78 Å². The van der Waals surface area contributed by atoms with Crippen LogP contribution in [0.3, 0.4) is 0 Å². The number of rotatable bonds is 4. The number of hydrogen-bond donors (Lipinski definition) is 0. The molecule has 0 heterocycles. The maximum Gasteiger partial charge on any atom is 0.186 e. The average Bonchev–Trinajstić information content (AvgIpc) is 2.43. The number of benzene rings is 2. The summed E-state index contributed by atoms with van der Waals surface area (Å²) in [5, 5.41) is 2.95. The van der Waals surface area contributed by atoms with Crippen LogP contribution in [0.4, 0.5) is 0 Å². The highest BCUT2D eigenvalue weighted by Crippen LogP contribution is 2.30. The Morgan fingerprint density at radius 2 is 1.79 bits per heavy atom. The molecule has 0 saturated carbocycles. The summed E-state index contributed by atoms with van der Waals surface area (Å²) in [6.07, 6.45) is 1.53. The normalized spacial score (nSPS) is 10.8. The van der Waals surface area contributed by atoms with Crippen LogP contribution in [0.5, 0.6) is 0 Å². The van der Waals surface area contributed by atoms with Crippen molar-refractivity contribution in [3.05, 3.63) is 75.6 Å². The summed E-state index contributed by atoms with van der Waals surface area (Å²) < 4.78 is 0. The van der Waals surface area contributed by atoms with E-state index >= 15 is 0 Å². The summed E-state index contributed by atoms with van der Waals surface area (Å²) in [6, 6.07) is 14.3. The molecule has 2 aromatic rings. The third kappa shape index (κ3) is 4.13. The summed E-state index contributed by atoms with van der Waals surface area (Å²) in [6.45, 7) is 0. The van der Waals surface area contributed by atoms with Gasteiger partial charge in [-0.25, -0.2) is 0 Å². The van der Waals surface area contributed by atoms with Gasteiger partial charge < -0.3 is 0 Å². The standard InChI is InChI=1S/C15H10Cl2OS/c16-12-6-7-13(17)15(10-12)19-9-8-14(18)11-4-2-1-3-5-11/h1-10H. The van der Waals surface area contributed by atoms with Crippen molar-refractivity contribution < 1.29 is 4.79 Å². The summed E-state index contributed by atoms with van der Waals surface area (Å²) in [5.74, 6) is -0.0359. The molecule has 0 aliphatic heterocycles. The molecule has 19 heavy (non-hydrogen) atoms. The summed E-state index contributed by atoms with van der Waals surface area (Å²) in [4.78, 5) is 12.7. The highest BCUT2D eigenvalue weighted by atomic mass is 35.5. The van der Waals surface area contributed by atoms with Gasteiger partial charge in [-0.2, -0.15) is 0 Å². The SMILES string of the molecule is O=C(C=CSc1cc(Cl)ccc1Cl)c1ccccc1. The Kier molecular flexibility index (Phi) is 5.08. The lowest BCUT2D eigenvalue weighted by Gasteiger charge is -2.00. The Morgan fingerprint density at radius 1 is 1.05 bits per heavy atom. The predicted molar refractivity (Wildman–Crippen MR) is 82.2 cm³/mol. The van der Waals surface area contributed by atoms with E-state index in [2.05, 4.69) is 0 Å². The quantitative estimate of drug-likeness (QED) is 0.422. The molecule has 0 fully saturated rings. The number of thioether (sulfide) groups is 1. The highest BCUT2D eigenvalue weighted by Gasteiger charge is 2.02. The van der Waals surface area contributed by atoms with Crippen LogP contribution in [-0.2, 0) is 0 Å². The minimum atomic E-state index is -0.0359. The molecule has 0 N–H and O–H groups in total. The van der Waals surface area contributed by atoms with Gasteiger partial charge in [-0.05, 0) is 29.7 Å². The van der Waals surface area contributed by atoms with Crippen LogP contribution in [-0.4, -0.2) is 5.78 Å². The summed E-state index contributed by atoms with van der Waals surface area (Å²) >= 11 is 13.3. The van der Waals surface area contributed by atoms with Gasteiger partial charge in [0.25, 0.3) is 0 Å². The van der Waals surface area contributed by atoms with Crippen LogP contribution in [0.2, 0.25) is 10.0 Å². The van der Waals surface area contributed by atoms with Gasteiger partial charge in [0.2, 0.25) is 0 Å². The molecule has 0 aromatic heterocycles. The molecular formula is C15H10Cl2OS. The lowest BCUT2D eigenvalue weighted by molar-refractivity contribution is 0.104. The van der Waals surface area contributed by atoms with Crippen LogP contribution < -0.4 is 0 Å². The fraction of sp³-hybridized carbons (Fsp3) is 0. The molecule has 0 atom stereocenters. The van der Waals surface area contributed by atoms with Crippen molar-refractivity contribution >= 4 is 40.7 Å². The zero-order valence-corrected chi connectivity index (χ0v) is 12.2. The first-order chi connectivity index (χ1) is 9.16. The molecule has 0 spiro atoms. The van der Waals surface area contributed by atoms with E-state index in [0.717, 1.165) is 4.90 Å². The third-order valence-corrected chi connectivity index (χ3v) is 3.91. The van der Waals surface area contributed by atoms with Crippen molar-refractivity contribution in [2.24, 2.45) is 0 Å². The number of ketones is 1. The molecule has 0 bridgehead atoms. The maximum absolute atomic E-state index is 11.8. The van der Waals surface area contributed by atoms with Gasteiger partial charge in [-0.1, -0.05) is 65.3 Å². The fourth-order valence-electron chi connectivity index (χ4n) is 1.44. The first kappa shape index (κ1) is 14.2. The first-order valence-corrected chi connectivity index (χ1v) is 7.18. The lowest BCUT2D eigenvalue weighted by atomic mass is 10.1. The van der Waals surface area contributed by atoms with Crippen LogP contribution in [0, 0.1) is 0 Å². The number of allylic oxidation sites excluding steroid dienone is 1. The van der Waals surface area contributed by atoms with Crippen molar-refractivity contribution in [2.75, 3.05) is 0 Å². The van der Waals surface area contributed by atoms with Gasteiger partial charge in [0.1, 0.15) is 0 Å². The topological polar surface area (TPSA) is 17.1 Å².